The summed E-state index contributed by atoms with van der Waals surface area (Å²) in [6, 6.07) is 6.49. The molecular formula is C20H18F2N2O2S. The first-order valence-electron chi connectivity index (χ1n) is 8.88. The summed E-state index contributed by atoms with van der Waals surface area (Å²) >= 11 is 1.59. The Bertz CT molecular complexity index is 1060. The van der Waals surface area contributed by atoms with Gasteiger partial charge in [0, 0.05) is 10.4 Å². The van der Waals surface area contributed by atoms with Gasteiger partial charge in [0.15, 0.2) is 0 Å². The highest BCUT2D eigenvalue weighted by Gasteiger charge is 2.18. The number of hydrogen-bond acceptors (Lipinski definition) is 4. The van der Waals surface area contributed by atoms with E-state index < -0.39 is 6.61 Å². The molecule has 2 aromatic heterocycles. The van der Waals surface area contributed by atoms with Gasteiger partial charge < -0.3 is 9.72 Å². The molecule has 27 heavy (non-hydrogen) atoms. The van der Waals surface area contributed by atoms with Gasteiger partial charge in [0.25, 0.3) is 5.56 Å². The van der Waals surface area contributed by atoms with Crippen LogP contribution in [0.15, 0.2) is 29.1 Å². The van der Waals surface area contributed by atoms with Crippen LogP contribution in [0.3, 0.4) is 0 Å². The predicted molar refractivity (Wildman–Crippen MR) is 104 cm³/mol. The van der Waals surface area contributed by atoms with E-state index in [0.717, 1.165) is 36.1 Å². The number of ether oxygens (including phenoxy) is 1. The summed E-state index contributed by atoms with van der Waals surface area (Å²) in [6.45, 7) is -2.89. The Labute approximate surface area is 158 Å². The number of hydrogen-bond donors (Lipinski definition) is 1. The van der Waals surface area contributed by atoms with Gasteiger partial charge in [-0.2, -0.15) is 8.78 Å². The number of halogens is 2. The van der Waals surface area contributed by atoms with E-state index in [4.69, 9.17) is 0 Å². The maximum atomic E-state index is 12.6. The van der Waals surface area contributed by atoms with Crippen LogP contribution in [0.2, 0.25) is 0 Å². The third-order valence-electron chi connectivity index (χ3n) is 4.65. The number of aromatic nitrogens is 2. The van der Waals surface area contributed by atoms with Gasteiger partial charge in [-0.05, 0) is 49.5 Å². The number of nitrogens with one attached hydrogen (secondary N) is 1. The Morgan fingerprint density at radius 2 is 1.96 bits per heavy atom. The number of aromatic amines is 1. The topological polar surface area (TPSA) is 55.0 Å². The van der Waals surface area contributed by atoms with Gasteiger partial charge in [-0.25, -0.2) is 4.98 Å². The Hall–Kier alpha value is -2.54. The molecule has 0 saturated heterocycles. The van der Waals surface area contributed by atoms with Gasteiger partial charge >= 0.3 is 6.61 Å². The molecule has 0 saturated carbocycles. The van der Waals surface area contributed by atoms with Crippen molar-refractivity contribution >= 4 is 33.7 Å². The minimum atomic E-state index is -2.89. The van der Waals surface area contributed by atoms with E-state index in [9.17, 15) is 13.6 Å². The Kier molecular flexibility index (Phi) is 5.03. The van der Waals surface area contributed by atoms with Crippen LogP contribution < -0.4 is 10.3 Å². The van der Waals surface area contributed by atoms with E-state index in [-0.39, 0.29) is 11.3 Å². The molecule has 1 aromatic carbocycles. The highest BCUT2D eigenvalue weighted by molar-refractivity contribution is 7.18. The molecule has 4 rings (SSSR count). The highest BCUT2D eigenvalue weighted by Crippen LogP contribution is 2.33. The van der Waals surface area contributed by atoms with Gasteiger partial charge in [0.2, 0.25) is 0 Å². The molecule has 3 aromatic rings. The number of para-hydroxylation sites is 1. The molecule has 0 unspecified atom stereocenters. The number of benzene rings is 1. The second kappa shape index (κ2) is 7.60. The molecule has 1 aliphatic carbocycles. The fraction of sp³-hybridized carbons (Fsp3) is 0.300. The molecule has 1 N–H and O–H groups in total. The lowest BCUT2D eigenvalue weighted by molar-refractivity contribution is -0.0499. The van der Waals surface area contributed by atoms with Crippen molar-refractivity contribution in [1.82, 2.24) is 9.97 Å². The quantitative estimate of drug-likeness (QED) is 0.638. The molecule has 2 heterocycles. The van der Waals surface area contributed by atoms with Crippen LogP contribution in [0, 0.1) is 0 Å². The summed E-state index contributed by atoms with van der Waals surface area (Å²) in [5, 5.41) is 0.704. The first-order valence-corrected chi connectivity index (χ1v) is 9.70. The molecule has 0 radical (unpaired) electrons. The van der Waals surface area contributed by atoms with E-state index in [1.165, 1.54) is 17.4 Å². The Morgan fingerprint density at radius 1 is 1.15 bits per heavy atom. The van der Waals surface area contributed by atoms with Crippen LogP contribution >= 0.6 is 11.3 Å². The summed E-state index contributed by atoms with van der Waals surface area (Å²) in [6.07, 6.45) is 8.58. The fourth-order valence-corrected chi connectivity index (χ4v) is 4.70. The predicted octanol–water partition coefficient (Wildman–Crippen LogP) is 5.03. The molecule has 7 heteroatoms. The average Bonchev–Trinajstić information content (AvgIpc) is 2.82. The first-order chi connectivity index (χ1) is 13.1. The van der Waals surface area contributed by atoms with E-state index >= 15 is 0 Å². The molecule has 1 aliphatic rings. The number of fused-ring (bicyclic) bond motifs is 3. The largest absolute Gasteiger partial charge is 0.434 e. The lowest BCUT2D eigenvalue weighted by Gasteiger charge is -2.07. The highest BCUT2D eigenvalue weighted by atomic mass is 32.1. The average molecular weight is 388 g/mol. The SMILES string of the molecule is O=c1[nH]c(/C=C/c2ccccc2OC(F)F)nc2sc3c(c12)CCCCC3. The van der Waals surface area contributed by atoms with Gasteiger partial charge in [0.05, 0.1) is 5.39 Å². The molecule has 4 nitrogen and oxygen atoms in total. The number of aryl methyl sites for hydroxylation is 2. The van der Waals surface area contributed by atoms with E-state index in [2.05, 4.69) is 14.7 Å². The van der Waals surface area contributed by atoms with Crippen LogP contribution in [0.1, 0.15) is 41.1 Å². The smallest absolute Gasteiger partial charge is 0.387 e. The number of rotatable bonds is 4. The summed E-state index contributed by atoms with van der Waals surface area (Å²) in [5.41, 5.74) is 1.49. The molecule has 0 spiro atoms. The van der Waals surface area contributed by atoms with E-state index in [0.29, 0.717) is 16.8 Å². The van der Waals surface area contributed by atoms with Crippen LogP contribution in [-0.4, -0.2) is 16.6 Å². The van der Waals surface area contributed by atoms with Crippen LogP contribution in [0.5, 0.6) is 5.75 Å². The second-order valence-electron chi connectivity index (χ2n) is 6.45. The Morgan fingerprint density at radius 3 is 2.81 bits per heavy atom. The van der Waals surface area contributed by atoms with Gasteiger partial charge in [-0.15, -0.1) is 11.3 Å². The van der Waals surface area contributed by atoms with Gasteiger partial charge in [0.1, 0.15) is 16.4 Å². The van der Waals surface area contributed by atoms with Crippen molar-refractivity contribution in [3.8, 4) is 5.75 Å². The number of nitrogens with zero attached hydrogens (tertiary/aromatic N) is 1. The number of thiophene rings is 1. The normalized spacial score (nSPS) is 14.6. The monoisotopic (exact) mass is 388 g/mol. The first kappa shape index (κ1) is 17.9. The maximum Gasteiger partial charge on any atom is 0.387 e. The van der Waals surface area contributed by atoms with Gasteiger partial charge in [-0.1, -0.05) is 24.6 Å². The zero-order chi connectivity index (χ0) is 18.8. The van der Waals surface area contributed by atoms with Crippen molar-refractivity contribution in [3.05, 3.63) is 56.4 Å². The third-order valence-corrected chi connectivity index (χ3v) is 5.83. The summed E-state index contributed by atoms with van der Waals surface area (Å²) in [5.74, 6) is 0.478. The molecular weight excluding hydrogens is 370 g/mol. The van der Waals surface area contributed by atoms with Crippen molar-refractivity contribution in [2.75, 3.05) is 0 Å². The molecule has 0 atom stereocenters. The standard InChI is InChI=1S/C20H18F2N2O2S/c21-20(22)26-14-8-5-4-6-12(14)10-11-16-23-18(25)17-13-7-2-1-3-9-15(13)27-19(17)24-16/h4-6,8,10-11,20H,1-3,7,9H2,(H,23,24,25)/b11-10+. The summed E-state index contributed by atoms with van der Waals surface area (Å²) in [7, 11) is 0. The Balaban J connectivity index is 1.70. The lowest BCUT2D eigenvalue weighted by atomic mass is 10.1. The zero-order valence-electron chi connectivity index (χ0n) is 14.5. The minimum Gasteiger partial charge on any atom is -0.434 e. The van der Waals surface area contributed by atoms with E-state index in [1.807, 2.05) is 0 Å². The van der Waals surface area contributed by atoms with E-state index in [1.54, 1.807) is 41.7 Å². The van der Waals surface area contributed by atoms with Crippen LogP contribution in [0.4, 0.5) is 8.78 Å². The molecule has 0 fully saturated rings. The second-order valence-corrected chi connectivity index (χ2v) is 7.53. The summed E-state index contributed by atoms with van der Waals surface area (Å²) < 4.78 is 29.6. The van der Waals surface area contributed by atoms with Crippen LogP contribution in [0.25, 0.3) is 22.4 Å². The van der Waals surface area contributed by atoms with Crippen LogP contribution in [-0.2, 0) is 12.8 Å². The van der Waals surface area contributed by atoms with Crippen molar-refractivity contribution in [3.63, 3.8) is 0 Å². The number of H-pyrrole nitrogens is 1. The molecule has 0 amide bonds. The summed E-state index contributed by atoms with van der Waals surface area (Å²) in [4.78, 5) is 22.0. The fourth-order valence-electron chi connectivity index (χ4n) is 3.43. The molecule has 0 aliphatic heterocycles. The molecule has 140 valence electrons. The third kappa shape index (κ3) is 3.78. The lowest BCUT2D eigenvalue weighted by Crippen LogP contribution is -2.10. The number of alkyl halides is 2. The zero-order valence-corrected chi connectivity index (χ0v) is 15.3. The maximum absolute atomic E-state index is 12.6. The van der Waals surface area contributed by atoms with Crippen molar-refractivity contribution in [2.45, 2.75) is 38.7 Å². The van der Waals surface area contributed by atoms with Crippen molar-refractivity contribution < 1.29 is 13.5 Å². The molecule has 0 bridgehead atoms. The van der Waals surface area contributed by atoms with Gasteiger partial charge in [-0.3, -0.25) is 4.79 Å². The van der Waals surface area contributed by atoms with Crippen molar-refractivity contribution in [1.29, 1.82) is 0 Å². The van der Waals surface area contributed by atoms with Crippen molar-refractivity contribution in [2.24, 2.45) is 0 Å². The minimum absolute atomic E-state index is 0.0787.